The Morgan fingerprint density at radius 2 is 2.17 bits per heavy atom. The first kappa shape index (κ1) is 11.0. The van der Waals surface area contributed by atoms with Crippen molar-refractivity contribution in [2.75, 3.05) is 23.3 Å². The van der Waals surface area contributed by atoms with E-state index in [1.54, 1.807) is 6.20 Å². The first-order valence-corrected chi connectivity index (χ1v) is 6.00. The second-order valence-corrected chi connectivity index (χ2v) is 4.38. The quantitative estimate of drug-likeness (QED) is 0.879. The van der Waals surface area contributed by atoms with Crippen LogP contribution in [0.1, 0.15) is 5.56 Å². The van der Waals surface area contributed by atoms with E-state index in [9.17, 15) is 4.39 Å². The highest BCUT2D eigenvalue weighted by Crippen LogP contribution is 2.29. The number of nitrogens with zero attached hydrogens (tertiary/aromatic N) is 2. The van der Waals surface area contributed by atoms with Crippen molar-refractivity contribution in [1.82, 2.24) is 4.98 Å². The van der Waals surface area contributed by atoms with Crippen LogP contribution < -0.4 is 10.2 Å². The Morgan fingerprint density at radius 1 is 1.28 bits per heavy atom. The molecule has 4 heteroatoms. The van der Waals surface area contributed by atoms with Crippen LogP contribution in [0.15, 0.2) is 42.7 Å². The average molecular weight is 243 g/mol. The Bertz CT molecular complexity index is 556. The summed E-state index contributed by atoms with van der Waals surface area (Å²) in [5.41, 5.74) is 3.19. The van der Waals surface area contributed by atoms with E-state index in [0.29, 0.717) is 6.54 Å². The van der Waals surface area contributed by atoms with Crippen LogP contribution in [-0.2, 0) is 6.54 Å². The third-order valence-electron chi connectivity index (χ3n) is 3.08. The minimum Gasteiger partial charge on any atom is -0.382 e. The van der Waals surface area contributed by atoms with Gasteiger partial charge in [-0.05, 0) is 23.8 Å². The highest BCUT2D eigenvalue weighted by molar-refractivity contribution is 5.71. The molecule has 0 atom stereocenters. The molecule has 0 saturated heterocycles. The van der Waals surface area contributed by atoms with Crippen LogP contribution in [-0.4, -0.2) is 18.1 Å². The van der Waals surface area contributed by atoms with E-state index in [2.05, 4.69) is 27.3 Å². The smallest absolute Gasteiger partial charge is 0.141 e. The Hall–Kier alpha value is -2.10. The Balaban J connectivity index is 1.86. The lowest BCUT2D eigenvalue weighted by Crippen LogP contribution is -2.33. The first-order valence-electron chi connectivity index (χ1n) is 6.00. The molecule has 3 rings (SSSR count). The maximum atomic E-state index is 13.1. The number of aromatic nitrogens is 1. The minimum absolute atomic E-state index is 0.282. The Morgan fingerprint density at radius 3 is 3.06 bits per heavy atom. The lowest BCUT2D eigenvalue weighted by atomic mass is 10.1. The van der Waals surface area contributed by atoms with E-state index < -0.39 is 0 Å². The molecule has 0 fully saturated rings. The number of rotatable bonds is 2. The number of anilines is 2. The van der Waals surface area contributed by atoms with Crippen LogP contribution in [0.2, 0.25) is 0 Å². The molecular formula is C14H14FN3. The van der Waals surface area contributed by atoms with Gasteiger partial charge >= 0.3 is 0 Å². The summed E-state index contributed by atoms with van der Waals surface area (Å²) in [5, 5.41) is 3.36. The molecule has 0 amide bonds. The predicted octanol–water partition coefficient (Wildman–Crippen LogP) is 2.65. The molecule has 0 unspecified atom stereocenters. The summed E-state index contributed by atoms with van der Waals surface area (Å²) in [4.78, 5) is 6.13. The fraction of sp³-hybridized carbons (Fsp3) is 0.214. The van der Waals surface area contributed by atoms with Crippen molar-refractivity contribution in [1.29, 1.82) is 0 Å². The summed E-state index contributed by atoms with van der Waals surface area (Å²) < 4.78 is 13.1. The topological polar surface area (TPSA) is 28.2 Å². The molecule has 0 radical (unpaired) electrons. The molecule has 1 aliphatic rings. The van der Waals surface area contributed by atoms with Gasteiger partial charge in [-0.15, -0.1) is 0 Å². The maximum Gasteiger partial charge on any atom is 0.141 e. The van der Waals surface area contributed by atoms with Gasteiger partial charge in [0.05, 0.1) is 17.6 Å². The van der Waals surface area contributed by atoms with Crippen molar-refractivity contribution in [2.45, 2.75) is 6.54 Å². The number of halogens is 1. The van der Waals surface area contributed by atoms with Gasteiger partial charge in [0.2, 0.25) is 0 Å². The molecule has 2 aromatic rings. The Kier molecular flexibility index (Phi) is 2.84. The van der Waals surface area contributed by atoms with Crippen LogP contribution in [0, 0.1) is 5.82 Å². The number of hydrogen-bond acceptors (Lipinski definition) is 3. The minimum atomic E-state index is -0.282. The summed E-state index contributed by atoms with van der Waals surface area (Å²) >= 11 is 0. The van der Waals surface area contributed by atoms with Gasteiger partial charge in [0.15, 0.2) is 0 Å². The van der Waals surface area contributed by atoms with Crippen molar-refractivity contribution < 1.29 is 4.39 Å². The number of para-hydroxylation sites is 2. The normalized spacial score (nSPS) is 13.9. The van der Waals surface area contributed by atoms with Crippen molar-refractivity contribution >= 4 is 11.4 Å². The van der Waals surface area contributed by atoms with Gasteiger partial charge in [0.25, 0.3) is 0 Å². The standard InChI is InChI=1S/C14H14FN3/c15-12-7-11(8-16-9-12)10-18-6-5-17-13-3-1-2-4-14(13)18/h1-4,7-9,17H,5-6,10H2. The van der Waals surface area contributed by atoms with Crippen molar-refractivity contribution in [2.24, 2.45) is 0 Å². The van der Waals surface area contributed by atoms with Crippen LogP contribution in [0.3, 0.4) is 0 Å². The average Bonchev–Trinajstić information content (AvgIpc) is 2.39. The second-order valence-electron chi connectivity index (χ2n) is 4.38. The summed E-state index contributed by atoms with van der Waals surface area (Å²) in [5.74, 6) is -0.282. The number of fused-ring (bicyclic) bond motifs is 1. The summed E-state index contributed by atoms with van der Waals surface area (Å²) in [6, 6.07) is 9.71. The first-order chi connectivity index (χ1) is 8.83. The van der Waals surface area contributed by atoms with Crippen molar-refractivity contribution in [3.8, 4) is 0 Å². The number of hydrogen-bond donors (Lipinski definition) is 1. The molecule has 18 heavy (non-hydrogen) atoms. The van der Waals surface area contributed by atoms with Gasteiger partial charge in [0.1, 0.15) is 5.82 Å². The van der Waals surface area contributed by atoms with Gasteiger partial charge in [-0.25, -0.2) is 4.39 Å². The fourth-order valence-electron chi connectivity index (χ4n) is 2.27. The van der Waals surface area contributed by atoms with Crippen molar-refractivity contribution in [3.05, 3.63) is 54.1 Å². The molecule has 0 spiro atoms. The van der Waals surface area contributed by atoms with E-state index in [1.165, 1.54) is 12.3 Å². The molecule has 2 heterocycles. The molecule has 1 aromatic heterocycles. The monoisotopic (exact) mass is 243 g/mol. The zero-order valence-electron chi connectivity index (χ0n) is 9.94. The molecule has 1 aromatic carbocycles. The third-order valence-corrected chi connectivity index (χ3v) is 3.08. The van der Waals surface area contributed by atoms with Crippen LogP contribution in [0.5, 0.6) is 0 Å². The van der Waals surface area contributed by atoms with Gasteiger partial charge < -0.3 is 10.2 Å². The van der Waals surface area contributed by atoms with Gasteiger partial charge in [-0.1, -0.05) is 12.1 Å². The molecule has 0 saturated carbocycles. The highest BCUT2D eigenvalue weighted by atomic mass is 19.1. The highest BCUT2D eigenvalue weighted by Gasteiger charge is 2.15. The molecule has 1 aliphatic heterocycles. The largest absolute Gasteiger partial charge is 0.382 e. The third kappa shape index (κ3) is 2.14. The molecule has 0 bridgehead atoms. The van der Waals surface area contributed by atoms with E-state index in [1.807, 2.05) is 12.1 Å². The SMILES string of the molecule is Fc1cncc(CN2CCNc3ccccc32)c1. The van der Waals surface area contributed by atoms with E-state index in [-0.39, 0.29) is 5.82 Å². The molecule has 1 N–H and O–H groups in total. The summed E-state index contributed by atoms with van der Waals surface area (Å²) in [7, 11) is 0. The lowest BCUT2D eigenvalue weighted by Gasteiger charge is -2.32. The van der Waals surface area contributed by atoms with Gasteiger partial charge in [-0.3, -0.25) is 4.98 Å². The van der Waals surface area contributed by atoms with Crippen LogP contribution in [0.25, 0.3) is 0 Å². The van der Waals surface area contributed by atoms with E-state index in [0.717, 1.165) is 30.0 Å². The summed E-state index contributed by atoms with van der Waals surface area (Å²) in [6.07, 6.45) is 2.95. The maximum absolute atomic E-state index is 13.1. The van der Waals surface area contributed by atoms with Crippen LogP contribution >= 0.6 is 0 Å². The number of nitrogens with one attached hydrogen (secondary N) is 1. The molecule has 0 aliphatic carbocycles. The zero-order chi connectivity index (χ0) is 12.4. The number of benzene rings is 1. The second kappa shape index (κ2) is 4.64. The van der Waals surface area contributed by atoms with Crippen LogP contribution in [0.4, 0.5) is 15.8 Å². The summed E-state index contributed by atoms with van der Waals surface area (Å²) in [6.45, 7) is 2.50. The number of pyridine rings is 1. The van der Waals surface area contributed by atoms with E-state index in [4.69, 9.17) is 0 Å². The van der Waals surface area contributed by atoms with Crippen molar-refractivity contribution in [3.63, 3.8) is 0 Å². The predicted molar refractivity (Wildman–Crippen MR) is 70.2 cm³/mol. The van der Waals surface area contributed by atoms with Gasteiger partial charge in [0, 0.05) is 25.8 Å². The molecular weight excluding hydrogens is 229 g/mol. The fourth-order valence-corrected chi connectivity index (χ4v) is 2.27. The lowest BCUT2D eigenvalue weighted by molar-refractivity contribution is 0.617. The van der Waals surface area contributed by atoms with Gasteiger partial charge in [-0.2, -0.15) is 0 Å². The van der Waals surface area contributed by atoms with E-state index >= 15 is 0 Å². The zero-order valence-corrected chi connectivity index (χ0v) is 9.94. The molecule has 92 valence electrons. The molecule has 3 nitrogen and oxygen atoms in total. The Labute approximate surface area is 105 Å².